The number of aromatic amines is 1. The Bertz CT molecular complexity index is 677. The van der Waals surface area contributed by atoms with E-state index in [0.29, 0.717) is 11.4 Å². The largest absolute Gasteiger partial charge is 0.477 e. The first kappa shape index (κ1) is 14.6. The molecule has 0 spiro atoms. The molecule has 0 saturated heterocycles. The molecule has 1 heterocycles. The number of nitrogens with one attached hydrogen (secondary N) is 3. The van der Waals surface area contributed by atoms with Gasteiger partial charge in [-0.05, 0) is 31.0 Å². The minimum atomic E-state index is -1.12. The molecule has 0 unspecified atom stereocenters. The van der Waals surface area contributed by atoms with Crippen LogP contribution in [0.4, 0.5) is 16.2 Å². The Balaban J connectivity index is 2.14. The predicted octanol–water partition coefficient (Wildman–Crippen LogP) is 3.23. The summed E-state index contributed by atoms with van der Waals surface area (Å²) in [6.07, 6.45) is 0.792. The van der Waals surface area contributed by atoms with E-state index in [0.717, 1.165) is 12.0 Å². The fourth-order valence-corrected chi connectivity index (χ4v) is 2.08. The van der Waals surface area contributed by atoms with Crippen molar-refractivity contribution >= 4 is 23.4 Å². The van der Waals surface area contributed by atoms with E-state index < -0.39 is 12.0 Å². The maximum atomic E-state index is 12.0. The van der Waals surface area contributed by atoms with E-state index in [4.69, 9.17) is 5.11 Å². The number of aromatic nitrogens is 1. The Morgan fingerprint density at radius 3 is 2.52 bits per heavy atom. The van der Waals surface area contributed by atoms with Crippen molar-refractivity contribution in [1.29, 1.82) is 0 Å². The van der Waals surface area contributed by atoms with Gasteiger partial charge in [-0.3, -0.25) is 0 Å². The fourth-order valence-electron chi connectivity index (χ4n) is 2.08. The summed E-state index contributed by atoms with van der Waals surface area (Å²) >= 11 is 0. The van der Waals surface area contributed by atoms with Crippen molar-refractivity contribution in [3.8, 4) is 0 Å². The predicted molar refractivity (Wildman–Crippen MR) is 81.0 cm³/mol. The van der Waals surface area contributed by atoms with E-state index in [1.165, 1.54) is 0 Å². The molecule has 6 heteroatoms. The number of rotatable bonds is 4. The van der Waals surface area contributed by atoms with Gasteiger partial charge in [0.1, 0.15) is 5.69 Å². The summed E-state index contributed by atoms with van der Waals surface area (Å²) in [6, 6.07) is 8.57. The van der Waals surface area contributed by atoms with Crippen LogP contribution in [-0.2, 0) is 6.42 Å². The summed E-state index contributed by atoms with van der Waals surface area (Å²) in [5, 5.41) is 14.3. The van der Waals surface area contributed by atoms with Crippen molar-refractivity contribution in [2.75, 3.05) is 10.6 Å². The summed E-state index contributed by atoms with van der Waals surface area (Å²) in [4.78, 5) is 25.8. The number of amides is 2. The molecule has 0 saturated carbocycles. The van der Waals surface area contributed by atoms with Gasteiger partial charge in [-0.15, -0.1) is 0 Å². The molecule has 4 N–H and O–H groups in total. The third-order valence-corrected chi connectivity index (χ3v) is 3.06. The van der Waals surface area contributed by atoms with Crippen molar-refractivity contribution in [2.24, 2.45) is 0 Å². The first-order valence-electron chi connectivity index (χ1n) is 6.60. The van der Waals surface area contributed by atoms with Crippen LogP contribution >= 0.6 is 0 Å². The standard InChI is InChI=1S/C15H17N3O3/c1-3-10-6-4-5-7-11(10)17-15(21)18-12-8-9(2)16-13(12)14(19)20/h4-8,16H,3H2,1-2H3,(H,19,20)(H2,17,18,21). The van der Waals surface area contributed by atoms with Crippen LogP contribution in [0.25, 0.3) is 0 Å². The molecule has 0 bridgehead atoms. The number of hydrogen-bond donors (Lipinski definition) is 4. The number of carbonyl (C=O) groups is 2. The maximum absolute atomic E-state index is 12.0. The third-order valence-electron chi connectivity index (χ3n) is 3.06. The third kappa shape index (κ3) is 3.42. The minimum Gasteiger partial charge on any atom is -0.477 e. The van der Waals surface area contributed by atoms with E-state index in [9.17, 15) is 9.59 Å². The van der Waals surface area contributed by atoms with Crippen LogP contribution in [0.2, 0.25) is 0 Å². The lowest BCUT2D eigenvalue weighted by atomic mass is 10.1. The van der Waals surface area contributed by atoms with Crippen LogP contribution < -0.4 is 10.6 Å². The molecule has 1 aromatic heterocycles. The molecule has 1 aromatic carbocycles. The van der Waals surface area contributed by atoms with Crippen molar-refractivity contribution in [3.05, 3.63) is 47.3 Å². The van der Waals surface area contributed by atoms with Gasteiger partial charge in [-0.2, -0.15) is 0 Å². The van der Waals surface area contributed by atoms with Gasteiger partial charge in [0.2, 0.25) is 0 Å². The molecule has 0 radical (unpaired) electrons. The van der Waals surface area contributed by atoms with Gasteiger partial charge in [0.15, 0.2) is 0 Å². The molecule has 110 valence electrons. The van der Waals surface area contributed by atoms with E-state index in [1.807, 2.05) is 25.1 Å². The lowest BCUT2D eigenvalue weighted by molar-refractivity contribution is 0.0692. The van der Waals surface area contributed by atoms with Gasteiger partial charge in [0.25, 0.3) is 0 Å². The Morgan fingerprint density at radius 1 is 1.19 bits per heavy atom. The minimum absolute atomic E-state index is 0.0357. The number of carboxylic acid groups (broad SMARTS) is 1. The second-order valence-corrected chi connectivity index (χ2v) is 4.64. The second kappa shape index (κ2) is 6.13. The lowest BCUT2D eigenvalue weighted by Gasteiger charge is -2.10. The molecule has 0 fully saturated rings. The fraction of sp³-hybridized carbons (Fsp3) is 0.200. The van der Waals surface area contributed by atoms with Gasteiger partial charge in [0, 0.05) is 11.4 Å². The van der Waals surface area contributed by atoms with Crippen LogP contribution in [0.3, 0.4) is 0 Å². The highest BCUT2D eigenvalue weighted by atomic mass is 16.4. The highest BCUT2D eigenvalue weighted by molar-refractivity contribution is 6.04. The summed E-state index contributed by atoms with van der Waals surface area (Å²) < 4.78 is 0. The Hall–Kier alpha value is -2.76. The molecule has 2 amide bonds. The second-order valence-electron chi connectivity index (χ2n) is 4.64. The van der Waals surface area contributed by atoms with Crippen molar-refractivity contribution in [1.82, 2.24) is 4.98 Å². The smallest absolute Gasteiger partial charge is 0.354 e. The molecule has 21 heavy (non-hydrogen) atoms. The average molecular weight is 287 g/mol. The molecule has 0 aliphatic carbocycles. The van der Waals surface area contributed by atoms with E-state index in [-0.39, 0.29) is 11.4 Å². The Labute approximate surface area is 122 Å². The van der Waals surface area contributed by atoms with Crippen molar-refractivity contribution in [2.45, 2.75) is 20.3 Å². The Kier molecular flexibility index (Phi) is 4.27. The van der Waals surface area contributed by atoms with Crippen LogP contribution in [0.5, 0.6) is 0 Å². The quantitative estimate of drug-likeness (QED) is 0.695. The number of para-hydroxylation sites is 1. The van der Waals surface area contributed by atoms with Gasteiger partial charge in [-0.1, -0.05) is 25.1 Å². The topological polar surface area (TPSA) is 94.2 Å². The highest BCUT2D eigenvalue weighted by Gasteiger charge is 2.15. The van der Waals surface area contributed by atoms with Crippen molar-refractivity contribution in [3.63, 3.8) is 0 Å². The summed E-state index contributed by atoms with van der Waals surface area (Å²) in [7, 11) is 0. The monoisotopic (exact) mass is 287 g/mol. The Morgan fingerprint density at radius 2 is 1.86 bits per heavy atom. The number of urea groups is 1. The van der Waals surface area contributed by atoms with Crippen molar-refractivity contribution < 1.29 is 14.7 Å². The SMILES string of the molecule is CCc1ccccc1NC(=O)Nc1cc(C)[nH]c1C(=O)O. The zero-order valence-electron chi connectivity index (χ0n) is 11.9. The zero-order valence-corrected chi connectivity index (χ0v) is 11.9. The van der Waals surface area contributed by atoms with Crippen LogP contribution in [-0.4, -0.2) is 22.1 Å². The summed E-state index contributed by atoms with van der Waals surface area (Å²) in [6.45, 7) is 3.72. The lowest BCUT2D eigenvalue weighted by Crippen LogP contribution is -2.21. The molecule has 0 aliphatic heterocycles. The summed E-state index contributed by atoms with van der Waals surface area (Å²) in [5.74, 6) is -1.12. The molecule has 0 atom stereocenters. The highest BCUT2D eigenvalue weighted by Crippen LogP contribution is 2.19. The number of carboxylic acids is 1. The molecular weight excluding hydrogens is 270 g/mol. The molecular formula is C15H17N3O3. The van der Waals surface area contributed by atoms with Gasteiger partial charge >= 0.3 is 12.0 Å². The first-order chi connectivity index (χ1) is 10.0. The molecule has 0 aliphatic rings. The van der Waals surface area contributed by atoms with Gasteiger partial charge < -0.3 is 20.7 Å². The number of anilines is 2. The van der Waals surface area contributed by atoms with Crippen LogP contribution in [0, 0.1) is 6.92 Å². The van der Waals surface area contributed by atoms with E-state index in [2.05, 4.69) is 15.6 Å². The van der Waals surface area contributed by atoms with Crippen LogP contribution in [0.1, 0.15) is 28.7 Å². The molecule has 2 rings (SSSR count). The number of aryl methyl sites for hydroxylation is 2. The van der Waals surface area contributed by atoms with Crippen LogP contribution in [0.15, 0.2) is 30.3 Å². The number of carbonyl (C=O) groups excluding carboxylic acids is 1. The zero-order chi connectivity index (χ0) is 15.4. The van der Waals surface area contributed by atoms with E-state index in [1.54, 1.807) is 19.1 Å². The van der Waals surface area contributed by atoms with Gasteiger partial charge in [0.05, 0.1) is 5.69 Å². The number of hydrogen-bond acceptors (Lipinski definition) is 2. The number of aromatic carboxylic acids is 1. The number of benzene rings is 1. The van der Waals surface area contributed by atoms with E-state index >= 15 is 0 Å². The summed E-state index contributed by atoms with van der Waals surface area (Å²) in [5.41, 5.74) is 2.59. The molecule has 6 nitrogen and oxygen atoms in total. The number of H-pyrrole nitrogens is 1. The average Bonchev–Trinajstić information content (AvgIpc) is 2.80. The maximum Gasteiger partial charge on any atom is 0.354 e. The molecule has 2 aromatic rings. The van der Waals surface area contributed by atoms with Gasteiger partial charge in [-0.25, -0.2) is 9.59 Å². The first-order valence-corrected chi connectivity index (χ1v) is 6.60. The normalized spacial score (nSPS) is 10.2.